The molecule has 0 saturated carbocycles. The molecule has 4 rings (SSSR count). The van der Waals surface area contributed by atoms with Crippen molar-refractivity contribution >= 4 is 34.5 Å². The topological polar surface area (TPSA) is 90.1 Å². The van der Waals surface area contributed by atoms with Gasteiger partial charge >= 0.3 is 0 Å². The van der Waals surface area contributed by atoms with Gasteiger partial charge in [0.25, 0.3) is 5.91 Å². The molecule has 1 heterocycles. The van der Waals surface area contributed by atoms with Crippen molar-refractivity contribution in [3.05, 3.63) is 90.0 Å². The maximum atomic E-state index is 12.3. The van der Waals surface area contributed by atoms with E-state index in [0.29, 0.717) is 18.1 Å². The molecule has 156 valence electrons. The molecule has 31 heavy (non-hydrogen) atoms. The highest BCUT2D eigenvalue weighted by molar-refractivity contribution is 5.96. The first-order chi connectivity index (χ1) is 15.1. The molecule has 0 atom stereocenters. The molecule has 3 N–H and O–H groups in total. The highest BCUT2D eigenvalue weighted by atomic mass is 16.2. The summed E-state index contributed by atoms with van der Waals surface area (Å²) in [5.41, 5.74) is 4.29. The lowest BCUT2D eigenvalue weighted by molar-refractivity contribution is -0.121. The highest BCUT2D eigenvalue weighted by Crippen LogP contribution is 2.18. The molecule has 0 spiro atoms. The Labute approximate surface area is 180 Å². The summed E-state index contributed by atoms with van der Waals surface area (Å²) in [4.78, 5) is 33.7. The average molecular weight is 413 g/mol. The minimum absolute atomic E-state index is 0.000576. The molecule has 7 heteroatoms. The zero-order valence-electron chi connectivity index (χ0n) is 17.1. The molecule has 0 unspecified atom stereocenters. The van der Waals surface area contributed by atoms with Gasteiger partial charge < -0.3 is 20.5 Å². The molecule has 4 aromatic rings. The second-order valence-corrected chi connectivity index (χ2v) is 7.23. The fraction of sp³-hybridized carbons (Fsp3) is 0.125. The number of benzene rings is 3. The van der Waals surface area contributed by atoms with Crippen LogP contribution in [0.3, 0.4) is 0 Å². The first kappa shape index (κ1) is 20.2. The number of para-hydroxylation sites is 2. The number of fused-ring (bicyclic) bond motifs is 1. The van der Waals surface area contributed by atoms with Crippen molar-refractivity contribution in [2.24, 2.45) is 0 Å². The number of likely N-dealkylation sites (N-methyl/N-ethyl adjacent to an activating group) is 1. The highest BCUT2D eigenvalue weighted by Gasteiger charge is 2.14. The van der Waals surface area contributed by atoms with E-state index < -0.39 is 0 Å². The van der Waals surface area contributed by atoms with Crippen molar-refractivity contribution < 1.29 is 9.59 Å². The van der Waals surface area contributed by atoms with Crippen LogP contribution in [-0.4, -0.2) is 40.3 Å². The van der Waals surface area contributed by atoms with Gasteiger partial charge in [0.15, 0.2) is 0 Å². The molecule has 0 aliphatic rings. The molecule has 3 aromatic carbocycles. The quantitative estimate of drug-likeness (QED) is 0.431. The molecule has 0 fully saturated rings. The molecule has 0 aliphatic carbocycles. The van der Waals surface area contributed by atoms with Gasteiger partial charge in [0.1, 0.15) is 0 Å². The number of carbonyl (C=O) groups excluding carboxylic acids is 2. The summed E-state index contributed by atoms with van der Waals surface area (Å²) in [5, 5.41) is 6.09. The Kier molecular flexibility index (Phi) is 5.93. The largest absolute Gasteiger partial charge is 0.350 e. The monoisotopic (exact) mass is 413 g/mol. The molecule has 0 saturated heterocycles. The van der Waals surface area contributed by atoms with Crippen LogP contribution in [0, 0.1) is 0 Å². The summed E-state index contributed by atoms with van der Waals surface area (Å²) in [6.45, 7) is 0.385. The van der Waals surface area contributed by atoms with Crippen LogP contribution in [-0.2, 0) is 11.3 Å². The average Bonchev–Trinajstić information content (AvgIpc) is 3.21. The summed E-state index contributed by atoms with van der Waals surface area (Å²) in [6.07, 6.45) is 0. The predicted molar refractivity (Wildman–Crippen MR) is 121 cm³/mol. The molecule has 0 bridgehead atoms. The number of carbonyl (C=O) groups is 2. The van der Waals surface area contributed by atoms with Crippen LogP contribution in [0.15, 0.2) is 78.9 Å². The van der Waals surface area contributed by atoms with E-state index in [9.17, 15) is 9.59 Å². The maximum absolute atomic E-state index is 12.3. The molecule has 2 amide bonds. The van der Waals surface area contributed by atoms with Gasteiger partial charge in [-0.3, -0.25) is 9.59 Å². The third-order valence-corrected chi connectivity index (χ3v) is 4.84. The lowest BCUT2D eigenvalue weighted by atomic mass is 10.2. The van der Waals surface area contributed by atoms with Crippen LogP contribution < -0.4 is 10.6 Å². The van der Waals surface area contributed by atoms with E-state index in [1.165, 1.54) is 4.90 Å². The van der Waals surface area contributed by atoms with Crippen molar-refractivity contribution in [1.29, 1.82) is 0 Å². The number of H-pyrrole nitrogens is 1. The number of hydrogen-bond acceptors (Lipinski definition) is 4. The van der Waals surface area contributed by atoms with Crippen LogP contribution in [0.1, 0.15) is 15.9 Å². The Bertz CT molecular complexity index is 1150. The number of nitrogens with zero attached hydrogens (tertiary/aromatic N) is 2. The second-order valence-electron chi connectivity index (χ2n) is 7.23. The van der Waals surface area contributed by atoms with Crippen molar-refractivity contribution in [2.45, 2.75) is 6.54 Å². The van der Waals surface area contributed by atoms with Crippen LogP contribution in [0.25, 0.3) is 11.0 Å². The Hall–Kier alpha value is -4.13. The minimum Gasteiger partial charge on any atom is -0.350 e. The molecular weight excluding hydrogens is 390 g/mol. The van der Waals surface area contributed by atoms with E-state index in [1.54, 1.807) is 31.3 Å². The van der Waals surface area contributed by atoms with Crippen molar-refractivity contribution in [3.63, 3.8) is 0 Å². The Balaban J connectivity index is 1.27. The number of aromatic nitrogens is 2. The van der Waals surface area contributed by atoms with E-state index in [-0.39, 0.29) is 18.4 Å². The molecule has 7 nitrogen and oxygen atoms in total. The molecule has 0 aliphatic heterocycles. The van der Waals surface area contributed by atoms with Crippen LogP contribution >= 0.6 is 0 Å². The first-order valence-electron chi connectivity index (χ1n) is 9.96. The summed E-state index contributed by atoms with van der Waals surface area (Å²) in [7, 11) is 1.62. The van der Waals surface area contributed by atoms with Crippen molar-refractivity contribution in [1.82, 2.24) is 20.2 Å². The van der Waals surface area contributed by atoms with Crippen molar-refractivity contribution in [3.8, 4) is 0 Å². The fourth-order valence-corrected chi connectivity index (χ4v) is 3.20. The molecular formula is C24H23N5O2. The van der Waals surface area contributed by atoms with Crippen LogP contribution in [0.5, 0.6) is 0 Å². The molecule has 0 radical (unpaired) electrons. The Morgan fingerprint density at radius 2 is 1.65 bits per heavy atom. The van der Waals surface area contributed by atoms with Crippen LogP contribution in [0.4, 0.5) is 11.6 Å². The van der Waals surface area contributed by atoms with Crippen molar-refractivity contribution in [2.75, 3.05) is 18.9 Å². The Morgan fingerprint density at radius 3 is 2.39 bits per heavy atom. The number of nitrogens with one attached hydrogen (secondary N) is 3. The van der Waals surface area contributed by atoms with Gasteiger partial charge in [-0.15, -0.1) is 0 Å². The zero-order chi connectivity index (χ0) is 21.6. The van der Waals surface area contributed by atoms with E-state index in [2.05, 4.69) is 20.6 Å². The number of aromatic amines is 1. The number of anilines is 2. The third-order valence-electron chi connectivity index (χ3n) is 4.84. The molecule has 1 aromatic heterocycles. The van der Waals surface area contributed by atoms with E-state index >= 15 is 0 Å². The standard InChI is InChI=1S/C24H23N5O2/c1-29(23(31)18-7-3-2-4-8-18)16-22(30)25-15-17-11-13-19(14-12-17)26-24-27-20-9-5-6-10-21(20)28-24/h2-14H,15-16H2,1H3,(H,25,30)(H2,26,27,28). The fourth-order valence-electron chi connectivity index (χ4n) is 3.20. The summed E-state index contributed by atoms with van der Waals surface area (Å²) in [5.74, 6) is 0.279. The number of rotatable bonds is 7. The van der Waals surface area contributed by atoms with Gasteiger partial charge in [0.2, 0.25) is 11.9 Å². The lowest BCUT2D eigenvalue weighted by Gasteiger charge is -2.17. The number of imidazole rings is 1. The van der Waals surface area contributed by atoms with E-state index in [4.69, 9.17) is 0 Å². The van der Waals surface area contributed by atoms with Gasteiger partial charge in [-0.25, -0.2) is 4.98 Å². The lowest BCUT2D eigenvalue weighted by Crippen LogP contribution is -2.38. The summed E-state index contributed by atoms with van der Waals surface area (Å²) < 4.78 is 0. The van der Waals surface area contributed by atoms with E-state index in [1.807, 2.05) is 54.6 Å². The summed E-state index contributed by atoms with van der Waals surface area (Å²) >= 11 is 0. The summed E-state index contributed by atoms with van der Waals surface area (Å²) in [6, 6.07) is 24.5. The normalized spacial score (nSPS) is 10.6. The number of amides is 2. The predicted octanol–water partition coefficient (Wildman–Crippen LogP) is 3.69. The second kappa shape index (κ2) is 9.13. The minimum atomic E-state index is -0.212. The third kappa shape index (κ3) is 5.08. The van der Waals surface area contributed by atoms with Gasteiger partial charge in [-0.2, -0.15) is 0 Å². The van der Waals surface area contributed by atoms with E-state index in [0.717, 1.165) is 22.3 Å². The first-order valence-corrected chi connectivity index (χ1v) is 9.96. The smallest absolute Gasteiger partial charge is 0.254 e. The van der Waals surface area contributed by atoms with Gasteiger partial charge in [-0.05, 0) is 42.0 Å². The zero-order valence-corrected chi connectivity index (χ0v) is 17.1. The SMILES string of the molecule is CN(CC(=O)NCc1ccc(Nc2nc3ccccc3[nH]2)cc1)C(=O)c1ccccc1. The Morgan fingerprint density at radius 1 is 0.935 bits per heavy atom. The maximum Gasteiger partial charge on any atom is 0.254 e. The van der Waals surface area contributed by atoms with Gasteiger partial charge in [-0.1, -0.05) is 42.5 Å². The number of hydrogen-bond donors (Lipinski definition) is 3. The van der Waals surface area contributed by atoms with Gasteiger partial charge in [0, 0.05) is 24.8 Å². The van der Waals surface area contributed by atoms with Crippen LogP contribution in [0.2, 0.25) is 0 Å². The van der Waals surface area contributed by atoms with Gasteiger partial charge in [0.05, 0.1) is 17.6 Å².